The average Bonchev–Trinajstić information content (AvgIpc) is 2.63. The Morgan fingerprint density at radius 3 is 2.04 bits per heavy atom. The van der Waals surface area contributed by atoms with Crippen LogP contribution in [0.1, 0.15) is 24.2 Å². The Kier molecular flexibility index (Phi) is 6.61. The first-order valence-corrected chi connectivity index (χ1v) is 8.51. The van der Waals surface area contributed by atoms with E-state index in [4.69, 9.17) is 4.74 Å². The number of piperazine rings is 1. The quantitative estimate of drug-likeness (QED) is 0.791. The molecule has 0 unspecified atom stereocenters. The fraction of sp³-hybridized carbons (Fsp3) is 0.556. The van der Waals surface area contributed by atoms with E-state index in [-0.39, 0.29) is 18.4 Å². The van der Waals surface area contributed by atoms with Crippen molar-refractivity contribution in [1.82, 2.24) is 9.80 Å². The van der Waals surface area contributed by atoms with Gasteiger partial charge in [-0.3, -0.25) is 9.59 Å². The van der Waals surface area contributed by atoms with Crippen molar-refractivity contribution < 1.29 is 14.3 Å². The number of amides is 2. The van der Waals surface area contributed by atoms with Crippen molar-refractivity contribution in [2.75, 3.05) is 57.9 Å². The monoisotopic (exact) mass is 333 g/mol. The first kappa shape index (κ1) is 18.3. The fourth-order valence-corrected chi connectivity index (χ4v) is 2.96. The van der Waals surface area contributed by atoms with Crippen molar-refractivity contribution in [3.8, 4) is 0 Å². The maximum absolute atomic E-state index is 12.6. The van der Waals surface area contributed by atoms with E-state index in [9.17, 15) is 9.59 Å². The lowest BCUT2D eigenvalue weighted by Gasteiger charge is -2.34. The summed E-state index contributed by atoms with van der Waals surface area (Å²) in [5, 5.41) is 0. The van der Waals surface area contributed by atoms with Crippen LogP contribution in [0.3, 0.4) is 0 Å². The SMILES string of the molecule is CCN(CC)c1ccc(C(=O)N2CCN(C(=O)COC)CC2)cc1. The summed E-state index contributed by atoms with van der Waals surface area (Å²) in [5.41, 5.74) is 1.83. The Morgan fingerprint density at radius 2 is 1.54 bits per heavy atom. The van der Waals surface area contributed by atoms with E-state index in [0.29, 0.717) is 31.7 Å². The lowest BCUT2D eigenvalue weighted by atomic mass is 10.1. The number of methoxy groups -OCH3 is 1. The van der Waals surface area contributed by atoms with Gasteiger partial charge < -0.3 is 19.4 Å². The van der Waals surface area contributed by atoms with Crippen molar-refractivity contribution in [1.29, 1.82) is 0 Å². The van der Waals surface area contributed by atoms with Gasteiger partial charge in [-0.05, 0) is 38.1 Å². The molecular formula is C18H27N3O3. The van der Waals surface area contributed by atoms with E-state index >= 15 is 0 Å². The number of anilines is 1. The molecule has 6 nitrogen and oxygen atoms in total. The van der Waals surface area contributed by atoms with E-state index in [1.807, 2.05) is 29.2 Å². The molecule has 1 saturated heterocycles. The summed E-state index contributed by atoms with van der Waals surface area (Å²) in [4.78, 5) is 30.2. The highest BCUT2D eigenvalue weighted by Gasteiger charge is 2.24. The molecule has 1 aromatic rings. The summed E-state index contributed by atoms with van der Waals surface area (Å²) in [6.45, 7) is 8.47. The van der Waals surface area contributed by atoms with E-state index < -0.39 is 0 Å². The predicted molar refractivity (Wildman–Crippen MR) is 94.4 cm³/mol. The number of carbonyl (C=O) groups excluding carboxylic acids is 2. The molecule has 0 atom stereocenters. The fourth-order valence-electron chi connectivity index (χ4n) is 2.96. The summed E-state index contributed by atoms with van der Waals surface area (Å²) in [5.74, 6) is 0.00751. The summed E-state index contributed by atoms with van der Waals surface area (Å²) >= 11 is 0. The number of hydrogen-bond acceptors (Lipinski definition) is 4. The Hall–Kier alpha value is -2.08. The number of nitrogens with zero attached hydrogens (tertiary/aromatic N) is 3. The van der Waals surface area contributed by atoms with E-state index in [0.717, 1.165) is 18.8 Å². The summed E-state index contributed by atoms with van der Waals surface area (Å²) in [7, 11) is 1.51. The second-order valence-corrected chi connectivity index (χ2v) is 5.83. The zero-order valence-corrected chi connectivity index (χ0v) is 14.8. The topological polar surface area (TPSA) is 53.1 Å². The molecule has 0 aromatic heterocycles. The predicted octanol–water partition coefficient (Wildman–Crippen LogP) is 1.46. The molecule has 0 aliphatic carbocycles. The third-order valence-corrected chi connectivity index (χ3v) is 4.43. The zero-order chi connectivity index (χ0) is 17.5. The largest absolute Gasteiger partial charge is 0.375 e. The molecule has 0 radical (unpaired) electrons. The van der Waals surface area contributed by atoms with Crippen molar-refractivity contribution in [2.24, 2.45) is 0 Å². The molecule has 0 N–H and O–H groups in total. The molecule has 1 heterocycles. The first-order valence-electron chi connectivity index (χ1n) is 8.51. The van der Waals surface area contributed by atoms with Crippen LogP contribution in [-0.4, -0.2) is 74.6 Å². The molecule has 2 amide bonds. The third-order valence-electron chi connectivity index (χ3n) is 4.43. The van der Waals surface area contributed by atoms with Crippen LogP contribution in [0.2, 0.25) is 0 Å². The summed E-state index contributed by atoms with van der Waals surface area (Å²) in [6, 6.07) is 7.77. The minimum Gasteiger partial charge on any atom is -0.375 e. The van der Waals surface area contributed by atoms with Gasteiger partial charge in [-0.1, -0.05) is 0 Å². The van der Waals surface area contributed by atoms with Crippen LogP contribution in [0.4, 0.5) is 5.69 Å². The lowest BCUT2D eigenvalue weighted by molar-refractivity contribution is -0.136. The number of carbonyl (C=O) groups is 2. The molecule has 1 fully saturated rings. The number of hydrogen-bond donors (Lipinski definition) is 0. The molecule has 24 heavy (non-hydrogen) atoms. The van der Waals surface area contributed by atoms with E-state index in [1.54, 1.807) is 4.90 Å². The first-order chi connectivity index (χ1) is 11.6. The van der Waals surface area contributed by atoms with Crippen LogP contribution < -0.4 is 4.90 Å². The van der Waals surface area contributed by atoms with Gasteiger partial charge in [0, 0.05) is 57.6 Å². The van der Waals surface area contributed by atoms with Gasteiger partial charge in [-0.2, -0.15) is 0 Å². The van der Waals surface area contributed by atoms with Crippen molar-refractivity contribution >= 4 is 17.5 Å². The maximum atomic E-state index is 12.6. The van der Waals surface area contributed by atoms with Crippen molar-refractivity contribution in [3.05, 3.63) is 29.8 Å². The maximum Gasteiger partial charge on any atom is 0.253 e. The molecule has 1 aliphatic rings. The van der Waals surface area contributed by atoms with Gasteiger partial charge in [0.15, 0.2) is 0 Å². The molecule has 0 saturated carbocycles. The van der Waals surface area contributed by atoms with Gasteiger partial charge in [-0.25, -0.2) is 0 Å². The van der Waals surface area contributed by atoms with Crippen LogP contribution in [-0.2, 0) is 9.53 Å². The minimum absolute atomic E-state index is 0.0202. The zero-order valence-electron chi connectivity index (χ0n) is 14.8. The van der Waals surface area contributed by atoms with Crippen LogP contribution >= 0.6 is 0 Å². The van der Waals surface area contributed by atoms with Crippen molar-refractivity contribution in [2.45, 2.75) is 13.8 Å². The second kappa shape index (κ2) is 8.68. The Balaban J connectivity index is 1.94. The smallest absolute Gasteiger partial charge is 0.253 e. The molecule has 6 heteroatoms. The Morgan fingerprint density at radius 1 is 1.00 bits per heavy atom. The molecule has 0 spiro atoms. The highest BCUT2D eigenvalue weighted by atomic mass is 16.5. The van der Waals surface area contributed by atoms with Gasteiger partial charge in [0.1, 0.15) is 6.61 Å². The van der Waals surface area contributed by atoms with E-state index in [2.05, 4.69) is 18.7 Å². The lowest BCUT2D eigenvalue weighted by Crippen LogP contribution is -2.51. The third kappa shape index (κ3) is 4.26. The molecule has 2 rings (SSSR count). The highest BCUT2D eigenvalue weighted by Crippen LogP contribution is 2.16. The van der Waals surface area contributed by atoms with Crippen LogP contribution in [0.5, 0.6) is 0 Å². The van der Waals surface area contributed by atoms with Gasteiger partial charge in [-0.15, -0.1) is 0 Å². The normalized spacial score (nSPS) is 14.6. The molecule has 132 valence electrons. The second-order valence-electron chi connectivity index (χ2n) is 5.83. The molecule has 1 aromatic carbocycles. The standard InChI is InChI=1S/C18H27N3O3/c1-4-19(5-2)16-8-6-15(7-9-16)18(23)21-12-10-20(11-13-21)17(22)14-24-3/h6-9H,4-5,10-14H2,1-3H3. The molecule has 1 aliphatic heterocycles. The minimum atomic E-state index is -0.0202. The van der Waals surface area contributed by atoms with Crippen LogP contribution in [0.15, 0.2) is 24.3 Å². The number of ether oxygens (including phenoxy) is 1. The number of benzene rings is 1. The molecular weight excluding hydrogens is 306 g/mol. The van der Waals surface area contributed by atoms with Gasteiger partial charge in [0.05, 0.1) is 0 Å². The highest BCUT2D eigenvalue weighted by molar-refractivity contribution is 5.94. The summed E-state index contributed by atoms with van der Waals surface area (Å²) in [6.07, 6.45) is 0. The average molecular weight is 333 g/mol. The Bertz CT molecular complexity index is 547. The number of rotatable bonds is 6. The van der Waals surface area contributed by atoms with Crippen molar-refractivity contribution in [3.63, 3.8) is 0 Å². The molecule has 0 bridgehead atoms. The van der Waals surface area contributed by atoms with Gasteiger partial charge in [0.25, 0.3) is 5.91 Å². The Labute approximate surface area is 144 Å². The van der Waals surface area contributed by atoms with Crippen LogP contribution in [0.25, 0.3) is 0 Å². The summed E-state index contributed by atoms with van der Waals surface area (Å²) < 4.78 is 4.87. The van der Waals surface area contributed by atoms with Gasteiger partial charge in [0.2, 0.25) is 5.91 Å². The van der Waals surface area contributed by atoms with Crippen LogP contribution in [0, 0.1) is 0 Å². The van der Waals surface area contributed by atoms with E-state index in [1.165, 1.54) is 7.11 Å². The van der Waals surface area contributed by atoms with Gasteiger partial charge >= 0.3 is 0 Å².